The van der Waals surface area contributed by atoms with Crippen molar-refractivity contribution in [3.63, 3.8) is 0 Å². The molecule has 0 saturated heterocycles. The number of carboxylic acid groups (broad SMARTS) is 1. The summed E-state index contributed by atoms with van der Waals surface area (Å²) < 4.78 is 13.5. The van der Waals surface area contributed by atoms with Crippen LogP contribution < -0.4 is 5.32 Å². The van der Waals surface area contributed by atoms with Crippen LogP contribution in [0.2, 0.25) is 0 Å². The molecule has 0 bridgehead atoms. The number of carbonyl (C=O) groups excluding carboxylic acids is 1. The van der Waals surface area contributed by atoms with E-state index in [1.165, 1.54) is 0 Å². The van der Waals surface area contributed by atoms with Gasteiger partial charge in [-0.2, -0.15) is 0 Å². The number of benzene rings is 2. The Morgan fingerprint density at radius 2 is 1.90 bits per heavy atom. The zero-order valence-electron chi connectivity index (χ0n) is 11.5. The highest BCUT2D eigenvalue weighted by atomic mass is 19.1. The smallest absolute Gasteiger partial charge is 0.322 e. The quantitative estimate of drug-likeness (QED) is 0.850. The summed E-state index contributed by atoms with van der Waals surface area (Å²) in [5, 5.41) is 9.79. The molecule has 0 heterocycles. The van der Waals surface area contributed by atoms with E-state index in [0.29, 0.717) is 12.0 Å². The molecular formula is C16H16FNO3. The van der Waals surface area contributed by atoms with Crippen LogP contribution in [-0.2, 0) is 9.59 Å². The molecule has 0 spiro atoms. The SMILES string of the molecule is Cc1ccc(-c2ccccc2)c(F)c1.O=CNCC(=O)O. The number of rotatable bonds is 4. The van der Waals surface area contributed by atoms with E-state index >= 15 is 0 Å². The molecule has 2 aromatic carbocycles. The molecule has 0 aromatic heterocycles. The summed E-state index contributed by atoms with van der Waals surface area (Å²) in [6.07, 6.45) is 0.341. The van der Waals surface area contributed by atoms with E-state index < -0.39 is 5.97 Å². The van der Waals surface area contributed by atoms with Crippen molar-refractivity contribution in [1.82, 2.24) is 5.32 Å². The first-order valence-electron chi connectivity index (χ1n) is 6.25. The van der Waals surface area contributed by atoms with Gasteiger partial charge >= 0.3 is 5.97 Å². The second kappa shape index (κ2) is 8.47. The van der Waals surface area contributed by atoms with Crippen LogP contribution in [0.25, 0.3) is 11.1 Å². The van der Waals surface area contributed by atoms with Crippen molar-refractivity contribution < 1.29 is 19.1 Å². The third kappa shape index (κ3) is 5.86. The molecule has 0 aliphatic heterocycles. The molecule has 21 heavy (non-hydrogen) atoms. The van der Waals surface area contributed by atoms with Gasteiger partial charge in [-0.15, -0.1) is 0 Å². The van der Waals surface area contributed by atoms with E-state index in [-0.39, 0.29) is 12.4 Å². The maximum Gasteiger partial charge on any atom is 0.322 e. The van der Waals surface area contributed by atoms with E-state index in [2.05, 4.69) is 0 Å². The topological polar surface area (TPSA) is 66.4 Å². The van der Waals surface area contributed by atoms with Crippen LogP contribution in [0.4, 0.5) is 4.39 Å². The molecule has 0 saturated carbocycles. The maximum atomic E-state index is 13.5. The maximum absolute atomic E-state index is 13.5. The molecule has 2 aromatic rings. The molecule has 0 aliphatic rings. The summed E-state index contributed by atoms with van der Waals surface area (Å²) in [6, 6.07) is 14.9. The normalized spacial score (nSPS) is 9.24. The average Bonchev–Trinajstić information content (AvgIpc) is 2.46. The Balaban J connectivity index is 0.000000270. The first kappa shape index (κ1) is 16.4. The predicted molar refractivity (Wildman–Crippen MR) is 78.3 cm³/mol. The molecule has 5 heteroatoms. The lowest BCUT2D eigenvalue weighted by Crippen LogP contribution is -2.20. The van der Waals surface area contributed by atoms with E-state index in [9.17, 15) is 14.0 Å². The van der Waals surface area contributed by atoms with E-state index in [0.717, 1.165) is 11.1 Å². The number of hydrogen-bond donors (Lipinski definition) is 2. The Morgan fingerprint density at radius 1 is 1.24 bits per heavy atom. The first-order chi connectivity index (χ1) is 10.0. The van der Waals surface area contributed by atoms with Crippen LogP contribution in [0, 0.1) is 12.7 Å². The highest BCUT2D eigenvalue weighted by Crippen LogP contribution is 2.22. The zero-order valence-corrected chi connectivity index (χ0v) is 11.5. The molecule has 1 amide bonds. The summed E-state index contributed by atoms with van der Waals surface area (Å²) in [5.74, 6) is -1.19. The molecule has 2 rings (SSSR count). The molecule has 4 nitrogen and oxygen atoms in total. The third-order valence-corrected chi connectivity index (χ3v) is 2.55. The highest BCUT2D eigenvalue weighted by Gasteiger charge is 2.03. The Morgan fingerprint density at radius 3 is 2.38 bits per heavy atom. The van der Waals surface area contributed by atoms with Crippen molar-refractivity contribution in [2.75, 3.05) is 6.54 Å². The van der Waals surface area contributed by atoms with Gasteiger partial charge in [-0.25, -0.2) is 4.39 Å². The lowest BCUT2D eigenvalue weighted by molar-refractivity contribution is -0.136. The second-order valence-electron chi connectivity index (χ2n) is 4.24. The van der Waals surface area contributed by atoms with Crippen LogP contribution >= 0.6 is 0 Å². The van der Waals surface area contributed by atoms with Crippen molar-refractivity contribution >= 4 is 12.4 Å². The molecule has 110 valence electrons. The van der Waals surface area contributed by atoms with Crippen LogP contribution in [0.15, 0.2) is 48.5 Å². The summed E-state index contributed by atoms with van der Waals surface area (Å²) in [5.41, 5.74) is 2.53. The highest BCUT2D eigenvalue weighted by molar-refractivity contribution is 5.71. The van der Waals surface area contributed by atoms with Crippen molar-refractivity contribution in [3.8, 4) is 11.1 Å². The van der Waals surface area contributed by atoms with Gasteiger partial charge in [0.1, 0.15) is 12.4 Å². The number of hydrogen-bond acceptors (Lipinski definition) is 2. The van der Waals surface area contributed by atoms with Gasteiger partial charge in [0.15, 0.2) is 0 Å². The number of halogens is 1. The number of aliphatic carboxylic acids is 1. The third-order valence-electron chi connectivity index (χ3n) is 2.55. The fraction of sp³-hybridized carbons (Fsp3) is 0.125. The summed E-state index contributed by atoms with van der Waals surface area (Å²) in [6.45, 7) is 1.58. The van der Waals surface area contributed by atoms with Crippen LogP contribution in [0.1, 0.15) is 5.56 Å². The number of carboxylic acids is 1. The van der Waals surface area contributed by atoms with Gasteiger partial charge in [-0.05, 0) is 24.1 Å². The molecule has 0 unspecified atom stereocenters. The summed E-state index contributed by atoms with van der Waals surface area (Å²) in [4.78, 5) is 18.9. The van der Waals surface area contributed by atoms with Crippen LogP contribution in [0.5, 0.6) is 0 Å². The van der Waals surface area contributed by atoms with E-state index in [1.54, 1.807) is 6.07 Å². The zero-order chi connectivity index (χ0) is 15.7. The van der Waals surface area contributed by atoms with Crippen molar-refractivity contribution in [3.05, 3.63) is 59.9 Å². The van der Waals surface area contributed by atoms with Gasteiger partial charge in [0.25, 0.3) is 0 Å². The van der Waals surface area contributed by atoms with Crippen molar-refractivity contribution in [1.29, 1.82) is 0 Å². The van der Waals surface area contributed by atoms with Gasteiger partial charge in [0.05, 0.1) is 0 Å². The van der Waals surface area contributed by atoms with Crippen molar-refractivity contribution in [2.24, 2.45) is 0 Å². The molecule has 0 radical (unpaired) electrons. The molecular weight excluding hydrogens is 273 g/mol. The average molecular weight is 289 g/mol. The van der Waals surface area contributed by atoms with E-state index in [4.69, 9.17) is 5.11 Å². The Kier molecular flexibility index (Phi) is 6.60. The number of carbonyl (C=O) groups is 2. The van der Waals surface area contributed by atoms with Gasteiger partial charge in [0.2, 0.25) is 6.41 Å². The minimum atomic E-state index is -1.04. The fourth-order valence-corrected chi connectivity index (χ4v) is 1.60. The minimum absolute atomic E-state index is 0.156. The fourth-order valence-electron chi connectivity index (χ4n) is 1.60. The number of aryl methyl sites for hydroxylation is 1. The Labute approximate surface area is 122 Å². The molecule has 0 aliphatic carbocycles. The predicted octanol–water partition coefficient (Wildman–Crippen LogP) is 2.62. The largest absolute Gasteiger partial charge is 0.480 e. The van der Waals surface area contributed by atoms with Gasteiger partial charge < -0.3 is 10.4 Å². The lowest BCUT2D eigenvalue weighted by Gasteiger charge is -2.03. The molecule has 0 fully saturated rings. The molecule has 2 N–H and O–H groups in total. The van der Waals surface area contributed by atoms with Crippen LogP contribution in [0.3, 0.4) is 0 Å². The minimum Gasteiger partial charge on any atom is -0.480 e. The van der Waals surface area contributed by atoms with Crippen molar-refractivity contribution in [2.45, 2.75) is 6.92 Å². The number of nitrogens with one attached hydrogen (secondary N) is 1. The second-order valence-corrected chi connectivity index (χ2v) is 4.24. The summed E-state index contributed by atoms with van der Waals surface area (Å²) in [7, 11) is 0. The van der Waals surface area contributed by atoms with E-state index in [1.807, 2.05) is 54.7 Å². The Bertz CT molecular complexity index is 600. The van der Waals surface area contributed by atoms with Gasteiger partial charge in [0, 0.05) is 5.56 Å². The lowest BCUT2D eigenvalue weighted by atomic mass is 10.0. The Hall–Kier alpha value is -2.69. The molecule has 0 atom stereocenters. The van der Waals surface area contributed by atoms with Gasteiger partial charge in [-0.1, -0.05) is 42.5 Å². The first-order valence-corrected chi connectivity index (χ1v) is 6.25. The van der Waals surface area contributed by atoms with Gasteiger partial charge in [-0.3, -0.25) is 9.59 Å². The summed E-state index contributed by atoms with van der Waals surface area (Å²) >= 11 is 0. The monoisotopic (exact) mass is 289 g/mol. The van der Waals surface area contributed by atoms with Crippen LogP contribution in [-0.4, -0.2) is 24.0 Å². The standard InChI is InChI=1S/C13H11F.C3H5NO3/c1-10-7-8-12(13(14)9-10)11-5-3-2-4-6-11;5-2-4-1-3(6)7/h2-9H,1H3;2H,1H2,(H,4,5)(H,6,7). The number of amides is 1.